The lowest BCUT2D eigenvalue weighted by atomic mass is 9.96. The largest absolute Gasteiger partial charge is 0.368 e. The van der Waals surface area contributed by atoms with Gasteiger partial charge in [0.15, 0.2) is 0 Å². The third kappa shape index (κ3) is 1.67. The first-order valence-corrected chi connectivity index (χ1v) is 6.42. The average Bonchev–Trinajstić information content (AvgIpc) is 2.45. The Labute approximate surface area is 105 Å². The van der Waals surface area contributed by atoms with Crippen molar-refractivity contribution in [3.8, 4) is 11.1 Å². The third-order valence-corrected chi connectivity index (χ3v) is 3.62. The molecule has 0 N–H and O–H groups in total. The molecule has 18 heavy (non-hydrogen) atoms. The number of piperidine rings is 1. The Morgan fingerprint density at radius 3 is 2.17 bits per heavy atom. The van der Waals surface area contributed by atoms with Crippen molar-refractivity contribution in [2.45, 2.75) is 19.3 Å². The standard InChI is InChI=1S/C15H15NO2/c17-14-12(11-7-3-1-4-8-11)13(15(14)18)16-9-5-2-6-10-16/h1,3-4,7-8H,2,5-6,9-10H2. The van der Waals surface area contributed by atoms with Crippen LogP contribution >= 0.6 is 0 Å². The van der Waals surface area contributed by atoms with Crippen LogP contribution in [0, 0.1) is 0 Å². The topological polar surface area (TPSA) is 37.4 Å². The molecule has 92 valence electrons. The van der Waals surface area contributed by atoms with Gasteiger partial charge in [-0.2, -0.15) is 0 Å². The summed E-state index contributed by atoms with van der Waals surface area (Å²) in [4.78, 5) is 25.7. The first-order chi connectivity index (χ1) is 8.79. The average molecular weight is 241 g/mol. The number of hydrogen-bond donors (Lipinski definition) is 0. The monoisotopic (exact) mass is 241 g/mol. The molecule has 0 saturated carbocycles. The van der Waals surface area contributed by atoms with Gasteiger partial charge < -0.3 is 4.90 Å². The molecule has 0 aliphatic carbocycles. The highest BCUT2D eigenvalue weighted by atomic mass is 16.2. The van der Waals surface area contributed by atoms with Crippen LogP contribution in [0.5, 0.6) is 0 Å². The minimum Gasteiger partial charge on any atom is -0.368 e. The van der Waals surface area contributed by atoms with Crippen molar-refractivity contribution in [2.75, 3.05) is 18.0 Å². The molecule has 1 heterocycles. The summed E-state index contributed by atoms with van der Waals surface area (Å²) >= 11 is 0. The zero-order valence-corrected chi connectivity index (χ0v) is 10.2. The Bertz CT molecular complexity index is 617. The maximum atomic E-state index is 11.8. The van der Waals surface area contributed by atoms with E-state index in [0.717, 1.165) is 31.5 Å². The molecule has 3 heteroatoms. The smallest absolute Gasteiger partial charge is 0.250 e. The maximum Gasteiger partial charge on any atom is 0.250 e. The van der Waals surface area contributed by atoms with Gasteiger partial charge in [0.05, 0.1) is 5.56 Å². The molecule has 1 aliphatic heterocycles. The predicted octanol–water partition coefficient (Wildman–Crippen LogP) is 1.94. The Morgan fingerprint density at radius 1 is 0.833 bits per heavy atom. The van der Waals surface area contributed by atoms with Gasteiger partial charge in [-0.25, -0.2) is 0 Å². The van der Waals surface area contributed by atoms with E-state index in [9.17, 15) is 9.59 Å². The lowest BCUT2D eigenvalue weighted by molar-refractivity contribution is 0.576. The van der Waals surface area contributed by atoms with Gasteiger partial charge in [-0.05, 0) is 24.8 Å². The Morgan fingerprint density at radius 2 is 1.50 bits per heavy atom. The first-order valence-electron chi connectivity index (χ1n) is 6.42. The van der Waals surface area contributed by atoms with E-state index in [2.05, 4.69) is 4.90 Å². The van der Waals surface area contributed by atoms with Gasteiger partial charge in [-0.1, -0.05) is 30.3 Å². The van der Waals surface area contributed by atoms with E-state index >= 15 is 0 Å². The minimum absolute atomic E-state index is 0.309. The molecule has 0 aromatic heterocycles. The van der Waals surface area contributed by atoms with Crippen molar-refractivity contribution in [3.05, 3.63) is 50.8 Å². The summed E-state index contributed by atoms with van der Waals surface area (Å²) in [5.74, 6) is 0. The highest BCUT2D eigenvalue weighted by molar-refractivity contribution is 5.82. The van der Waals surface area contributed by atoms with Crippen molar-refractivity contribution in [1.82, 2.24) is 0 Å². The second kappa shape index (κ2) is 4.41. The Hall–Kier alpha value is -1.90. The van der Waals surface area contributed by atoms with Gasteiger partial charge in [0.1, 0.15) is 5.69 Å². The van der Waals surface area contributed by atoms with E-state index in [1.165, 1.54) is 6.42 Å². The van der Waals surface area contributed by atoms with E-state index in [0.29, 0.717) is 11.3 Å². The van der Waals surface area contributed by atoms with Crippen LogP contribution in [0.15, 0.2) is 39.9 Å². The predicted molar refractivity (Wildman–Crippen MR) is 72.9 cm³/mol. The normalized spacial score (nSPS) is 16.1. The van der Waals surface area contributed by atoms with Gasteiger partial charge in [0.2, 0.25) is 10.9 Å². The van der Waals surface area contributed by atoms with Crippen molar-refractivity contribution in [1.29, 1.82) is 0 Å². The van der Waals surface area contributed by atoms with E-state index in [1.807, 2.05) is 30.3 Å². The summed E-state index contributed by atoms with van der Waals surface area (Å²) in [5, 5.41) is 0. The molecule has 3 nitrogen and oxygen atoms in total. The third-order valence-electron chi connectivity index (χ3n) is 3.62. The SMILES string of the molecule is O=c1c(-c2ccccc2)c(N2CCCCC2)c1=O. The molecule has 0 bridgehead atoms. The molecule has 2 aromatic rings. The van der Waals surface area contributed by atoms with E-state index in [1.54, 1.807) is 0 Å². The zero-order chi connectivity index (χ0) is 12.5. The number of hydrogen-bond acceptors (Lipinski definition) is 3. The Kier molecular flexibility index (Phi) is 2.74. The van der Waals surface area contributed by atoms with Gasteiger partial charge in [-0.15, -0.1) is 0 Å². The molecule has 0 unspecified atom stereocenters. The molecule has 1 fully saturated rings. The van der Waals surface area contributed by atoms with Crippen LogP contribution in [0.3, 0.4) is 0 Å². The first kappa shape index (κ1) is 11.2. The summed E-state index contributed by atoms with van der Waals surface area (Å²) in [6.07, 6.45) is 3.42. The summed E-state index contributed by atoms with van der Waals surface area (Å²) in [5.41, 5.74) is 1.48. The molecule has 0 atom stereocenters. The molecular weight excluding hydrogens is 226 g/mol. The van der Waals surface area contributed by atoms with Gasteiger partial charge in [0.25, 0.3) is 0 Å². The molecule has 1 saturated heterocycles. The maximum absolute atomic E-state index is 11.8. The van der Waals surface area contributed by atoms with Gasteiger partial charge in [-0.3, -0.25) is 9.59 Å². The summed E-state index contributed by atoms with van der Waals surface area (Å²) < 4.78 is 0. The fourth-order valence-electron chi connectivity index (χ4n) is 2.67. The fraction of sp³-hybridized carbons (Fsp3) is 0.333. The summed E-state index contributed by atoms with van der Waals surface area (Å²) in [6.45, 7) is 1.79. The van der Waals surface area contributed by atoms with Crippen LogP contribution in [0.4, 0.5) is 5.69 Å². The van der Waals surface area contributed by atoms with Crippen LogP contribution in [0.1, 0.15) is 19.3 Å². The second-order valence-electron chi connectivity index (χ2n) is 4.80. The molecule has 0 amide bonds. The molecule has 0 radical (unpaired) electrons. The summed E-state index contributed by atoms with van der Waals surface area (Å²) in [7, 11) is 0. The van der Waals surface area contributed by atoms with Crippen molar-refractivity contribution >= 4 is 5.69 Å². The number of anilines is 1. The van der Waals surface area contributed by atoms with Gasteiger partial charge in [0, 0.05) is 13.1 Å². The fourth-order valence-corrected chi connectivity index (χ4v) is 2.67. The lowest BCUT2D eigenvalue weighted by Crippen LogP contribution is -2.44. The molecule has 2 aromatic carbocycles. The quantitative estimate of drug-likeness (QED) is 0.754. The van der Waals surface area contributed by atoms with E-state index in [4.69, 9.17) is 0 Å². The highest BCUT2D eigenvalue weighted by Crippen LogP contribution is 2.28. The zero-order valence-electron chi connectivity index (χ0n) is 10.2. The van der Waals surface area contributed by atoms with Crippen LogP contribution in [0.25, 0.3) is 11.1 Å². The lowest BCUT2D eigenvalue weighted by Gasteiger charge is -2.30. The van der Waals surface area contributed by atoms with Crippen LogP contribution in [0.2, 0.25) is 0 Å². The number of benzene rings is 1. The van der Waals surface area contributed by atoms with E-state index < -0.39 is 0 Å². The van der Waals surface area contributed by atoms with Gasteiger partial charge >= 0.3 is 0 Å². The molecule has 1 aliphatic rings. The Balaban J connectivity index is 2.04. The number of rotatable bonds is 2. The van der Waals surface area contributed by atoms with Crippen molar-refractivity contribution < 1.29 is 0 Å². The molecule has 0 spiro atoms. The number of nitrogens with zero attached hydrogens (tertiary/aromatic N) is 1. The van der Waals surface area contributed by atoms with Crippen molar-refractivity contribution in [2.24, 2.45) is 0 Å². The molecular formula is C15H15NO2. The van der Waals surface area contributed by atoms with Crippen LogP contribution in [-0.4, -0.2) is 13.1 Å². The highest BCUT2D eigenvalue weighted by Gasteiger charge is 2.27. The summed E-state index contributed by atoms with van der Waals surface area (Å²) in [6, 6.07) is 9.49. The second-order valence-corrected chi connectivity index (χ2v) is 4.80. The van der Waals surface area contributed by atoms with Crippen LogP contribution < -0.4 is 15.8 Å². The minimum atomic E-state index is -0.332. The van der Waals surface area contributed by atoms with Crippen molar-refractivity contribution in [3.63, 3.8) is 0 Å². The van der Waals surface area contributed by atoms with Crippen LogP contribution in [-0.2, 0) is 0 Å². The molecule has 3 rings (SSSR count). The van der Waals surface area contributed by atoms with E-state index in [-0.39, 0.29) is 10.9 Å².